The summed E-state index contributed by atoms with van der Waals surface area (Å²) in [5.41, 5.74) is 7.93. The highest BCUT2D eigenvalue weighted by Gasteiger charge is 2.21. The summed E-state index contributed by atoms with van der Waals surface area (Å²) >= 11 is 0. The van der Waals surface area contributed by atoms with Crippen LogP contribution in [0.1, 0.15) is 35.6 Å². The lowest BCUT2D eigenvalue weighted by atomic mass is 9.88. The van der Waals surface area contributed by atoms with Crippen LogP contribution in [0.3, 0.4) is 0 Å². The Labute approximate surface area is 112 Å². The summed E-state index contributed by atoms with van der Waals surface area (Å²) < 4.78 is 27.1. The van der Waals surface area contributed by atoms with Crippen LogP contribution >= 0.6 is 0 Å². The van der Waals surface area contributed by atoms with Gasteiger partial charge in [-0.05, 0) is 24.1 Å². The van der Waals surface area contributed by atoms with Gasteiger partial charge in [0, 0.05) is 23.6 Å². The van der Waals surface area contributed by atoms with Crippen molar-refractivity contribution >= 4 is 0 Å². The van der Waals surface area contributed by atoms with Crippen molar-refractivity contribution in [1.82, 2.24) is 0 Å². The molecular formula is C16H17F2N. The maximum atomic E-state index is 13.8. The molecule has 3 heteroatoms. The first-order chi connectivity index (χ1) is 9.00. The third-order valence-corrected chi connectivity index (χ3v) is 3.50. The summed E-state index contributed by atoms with van der Waals surface area (Å²) in [6, 6.07) is 11.6. The molecule has 2 rings (SSSR count). The van der Waals surface area contributed by atoms with Crippen LogP contribution in [0, 0.1) is 18.6 Å². The van der Waals surface area contributed by atoms with Crippen molar-refractivity contribution in [2.75, 3.05) is 0 Å². The van der Waals surface area contributed by atoms with Gasteiger partial charge in [0.1, 0.15) is 11.6 Å². The molecule has 2 atom stereocenters. The Morgan fingerprint density at radius 2 is 1.63 bits per heavy atom. The smallest absolute Gasteiger partial charge is 0.130 e. The Hall–Kier alpha value is -1.74. The summed E-state index contributed by atoms with van der Waals surface area (Å²) in [5, 5.41) is 0. The van der Waals surface area contributed by atoms with Crippen LogP contribution in [0.25, 0.3) is 0 Å². The van der Waals surface area contributed by atoms with Gasteiger partial charge in [-0.25, -0.2) is 8.78 Å². The van der Waals surface area contributed by atoms with Crippen LogP contribution in [0.5, 0.6) is 0 Å². The van der Waals surface area contributed by atoms with Crippen LogP contribution in [0.4, 0.5) is 8.78 Å². The van der Waals surface area contributed by atoms with E-state index in [4.69, 9.17) is 5.73 Å². The minimum atomic E-state index is -0.585. The highest BCUT2D eigenvalue weighted by Crippen LogP contribution is 2.30. The summed E-state index contributed by atoms with van der Waals surface area (Å²) in [5.74, 6) is -1.17. The van der Waals surface area contributed by atoms with Gasteiger partial charge in [0.05, 0.1) is 0 Å². The van der Waals surface area contributed by atoms with Crippen LogP contribution in [-0.4, -0.2) is 0 Å². The van der Waals surface area contributed by atoms with E-state index in [9.17, 15) is 8.78 Å². The standard InChI is InChI=1S/C16H17F2N/c1-10-8-13(15(18)9-14(10)17)16(19)11(2)12-6-4-3-5-7-12/h3-9,11,16H,19H2,1-2H3. The molecule has 0 bridgehead atoms. The van der Waals surface area contributed by atoms with Crippen molar-refractivity contribution in [2.24, 2.45) is 5.73 Å². The molecule has 2 aromatic rings. The van der Waals surface area contributed by atoms with Gasteiger partial charge in [-0.2, -0.15) is 0 Å². The highest BCUT2D eigenvalue weighted by molar-refractivity contribution is 5.31. The number of nitrogens with two attached hydrogens (primary N) is 1. The van der Waals surface area contributed by atoms with Gasteiger partial charge in [0.2, 0.25) is 0 Å². The van der Waals surface area contributed by atoms with E-state index in [0.29, 0.717) is 11.1 Å². The normalized spacial score (nSPS) is 14.2. The molecule has 0 aromatic heterocycles. The van der Waals surface area contributed by atoms with E-state index in [0.717, 1.165) is 11.6 Å². The second kappa shape index (κ2) is 5.49. The number of benzene rings is 2. The van der Waals surface area contributed by atoms with Gasteiger partial charge < -0.3 is 5.73 Å². The summed E-state index contributed by atoms with van der Waals surface area (Å²) in [6.45, 7) is 3.55. The lowest BCUT2D eigenvalue weighted by Gasteiger charge is -2.21. The lowest BCUT2D eigenvalue weighted by molar-refractivity contribution is 0.523. The molecule has 0 amide bonds. The molecule has 0 heterocycles. The third kappa shape index (κ3) is 2.82. The molecule has 1 nitrogen and oxygen atoms in total. The van der Waals surface area contributed by atoms with Crippen LogP contribution in [-0.2, 0) is 0 Å². The average Bonchev–Trinajstić information content (AvgIpc) is 2.42. The largest absolute Gasteiger partial charge is 0.323 e. The van der Waals surface area contributed by atoms with E-state index in [1.54, 1.807) is 6.92 Å². The van der Waals surface area contributed by atoms with Gasteiger partial charge in [0.25, 0.3) is 0 Å². The highest BCUT2D eigenvalue weighted by atomic mass is 19.1. The predicted octanol–water partition coefficient (Wildman–Crippen LogP) is 4.08. The molecule has 0 aliphatic carbocycles. The van der Waals surface area contributed by atoms with Crippen molar-refractivity contribution in [3.8, 4) is 0 Å². The van der Waals surface area contributed by atoms with Crippen LogP contribution in [0.2, 0.25) is 0 Å². The Kier molecular flexibility index (Phi) is 3.96. The molecule has 0 aliphatic heterocycles. The van der Waals surface area contributed by atoms with Gasteiger partial charge in [-0.1, -0.05) is 37.3 Å². The van der Waals surface area contributed by atoms with E-state index in [1.165, 1.54) is 6.07 Å². The number of hydrogen-bond donors (Lipinski definition) is 1. The topological polar surface area (TPSA) is 26.0 Å². The molecule has 0 saturated carbocycles. The molecular weight excluding hydrogens is 244 g/mol. The monoisotopic (exact) mass is 261 g/mol. The zero-order chi connectivity index (χ0) is 14.0. The zero-order valence-electron chi connectivity index (χ0n) is 11.0. The molecule has 0 saturated heterocycles. The first-order valence-corrected chi connectivity index (χ1v) is 6.26. The van der Waals surface area contributed by atoms with Crippen molar-refractivity contribution in [1.29, 1.82) is 0 Å². The summed E-state index contributed by atoms with van der Waals surface area (Å²) in [4.78, 5) is 0. The summed E-state index contributed by atoms with van der Waals surface area (Å²) in [7, 11) is 0. The first-order valence-electron chi connectivity index (χ1n) is 6.26. The predicted molar refractivity (Wildman–Crippen MR) is 72.9 cm³/mol. The van der Waals surface area contributed by atoms with Crippen molar-refractivity contribution in [2.45, 2.75) is 25.8 Å². The lowest BCUT2D eigenvalue weighted by Crippen LogP contribution is -2.19. The van der Waals surface area contributed by atoms with E-state index < -0.39 is 17.7 Å². The Morgan fingerprint density at radius 1 is 1.00 bits per heavy atom. The molecule has 0 fully saturated rings. The van der Waals surface area contributed by atoms with E-state index in [2.05, 4.69) is 0 Å². The molecule has 19 heavy (non-hydrogen) atoms. The Bertz CT molecular complexity index is 566. The third-order valence-electron chi connectivity index (χ3n) is 3.50. The number of halogens is 2. The van der Waals surface area contributed by atoms with E-state index in [1.807, 2.05) is 37.3 Å². The number of hydrogen-bond acceptors (Lipinski definition) is 1. The maximum absolute atomic E-state index is 13.8. The van der Waals surface area contributed by atoms with Crippen LogP contribution in [0.15, 0.2) is 42.5 Å². The van der Waals surface area contributed by atoms with Gasteiger partial charge in [-0.15, -0.1) is 0 Å². The second-order valence-electron chi connectivity index (χ2n) is 4.85. The SMILES string of the molecule is Cc1cc(C(N)C(C)c2ccccc2)c(F)cc1F. The molecule has 0 aliphatic rings. The average molecular weight is 261 g/mol. The van der Waals surface area contributed by atoms with Gasteiger partial charge in [0.15, 0.2) is 0 Å². The van der Waals surface area contributed by atoms with Crippen molar-refractivity contribution in [3.05, 3.63) is 70.8 Å². The van der Waals surface area contributed by atoms with Gasteiger partial charge in [-0.3, -0.25) is 0 Å². The van der Waals surface area contributed by atoms with Gasteiger partial charge >= 0.3 is 0 Å². The van der Waals surface area contributed by atoms with Crippen molar-refractivity contribution < 1.29 is 8.78 Å². The minimum absolute atomic E-state index is 0.0411. The van der Waals surface area contributed by atoms with Crippen molar-refractivity contribution in [3.63, 3.8) is 0 Å². The maximum Gasteiger partial charge on any atom is 0.130 e. The first kappa shape index (κ1) is 13.7. The molecule has 0 radical (unpaired) electrons. The minimum Gasteiger partial charge on any atom is -0.323 e. The fourth-order valence-corrected chi connectivity index (χ4v) is 2.17. The Morgan fingerprint density at radius 3 is 2.26 bits per heavy atom. The zero-order valence-corrected chi connectivity index (χ0v) is 11.0. The van der Waals surface area contributed by atoms with E-state index >= 15 is 0 Å². The molecule has 2 unspecified atom stereocenters. The number of rotatable bonds is 3. The summed E-state index contributed by atoms with van der Waals surface area (Å²) in [6.07, 6.45) is 0. The molecule has 100 valence electrons. The fraction of sp³-hybridized carbons (Fsp3) is 0.250. The Balaban J connectivity index is 2.34. The van der Waals surface area contributed by atoms with Crippen LogP contribution < -0.4 is 5.73 Å². The second-order valence-corrected chi connectivity index (χ2v) is 4.85. The number of aryl methyl sites for hydroxylation is 1. The molecule has 0 spiro atoms. The molecule has 2 N–H and O–H groups in total. The quantitative estimate of drug-likeness (QED) is 0.885. The fourth-order valence-electron chi connectivity index (χ4n) is 2.17. The van der Waals surface area contributed by atoms with E-state index in [-0.39, 0.29) is 5.92 Å². The molecule has 2 aromatic carbocycles.